The minimum Gasteiger partial charge on any atom is -0.398 e. The molecule has 10 heteroatoms. The van der Waals surface area contributed by atoms with Crippen molar-refractivity contribution in [2.45, 2.75) is 39.8 Å². The van der Waals surface area contributed by atoms with E-state index < -0.39 is 0 Å². The molecule has 0 aliphatic rings. The number of nitrogens with zero attached hydrogens (tertiary/aromatic N) is 5. The SMILES string of the molecule is CC(C)[C@H](CO)Nc1nc(Nc2ccc(N)c(Cl)c2)c2nnn(C(C)C)c2n1. The molecule has 2 aromatic heterocycles. The quantitative estimate of drug-likeness (QED) is 0.442. The lowest BCUT2D eigenvalue weighted by molar-refractivity contribution is 0.248. The molecule has 0 bridgehead atoms. The number of hydrogen-bond donors (Lipinski definition) is 4. The summed E-state index contributed by atoms with van der Waals surface area (Å²) in [5.74, 6) is 1.07. The highest BCUT2D eigenvalue weighted by molar-refractivity contribution is 6.33. The molecule has 0 spiro atoms. The Morgan fingerprint density at radius 1 is 1.21 bits per heavy atom. The molecule has 0 saturated carbocycles. The third-order valence-electron chi connectivity index (χ3n) is 4.39. The fourth-order valence-electron chi connectivity index (χ4n) is 2.66. The monoisotopic (exact) mass is 404 g/mol. The van der Waals surface area contributed by atoms with Gasteiger partial charge in [0.15, 0.2) is 17.0 Å². The van der Waals surface area contributed by atoms with E-state index in [4.69, 9.17) is 17.3 Å². The molecule has 0 unspecified atom stereocenters. The second-order valence-electron chi connectivity index (χ2n) is 7.23. The van der Waals surface area contributed by atoms with Crippen LogP contribution in [0.3, 0.4) is 0 Å². The van der Waals surface area contributed by atoms with Gasteiger partial charge in [0.05, 0.1) is 29.4 Å². The van der Waals surface area contributed by atoms with Crippen LogP contribution in [0.5, 0.6) is 0 Å². The lowest BCUT2D eigenvalue weighted by Gasteiger charge is -2.20. The summed E-state index contributed by atoms with van der Waals surface area (Å²) in [5, 5.41) is 25.0. The number of aliphatic hydroxyl groups is 1. The van der Waals surface area contributed by atoms with Gasteiger partial charge in [-0.3, -0.25) is 0 Å². The third-order valence-corrected chi connectivity index (χ3v) is 4.72. The lowest BCUT2D eigenvalue weighted by atomic mass is 10.1. The molecule has 0 saturated heterocycles. The number of aliphatic hydroxyl groups excluding tert-OH is 1. The molecule has 150 valence electrons. The maximum absolute atomic E-state index is 9.64. The first-order valence-corrected chi connectivity index (χ1v) is 9.50. The molecular formula is C18H25ClN8O. The number of fused-ring (bicyclic) bond motifs is 1. The van der Waals surface area contributed by atoms with E-state index in [1.54, 1.807) is 22.9 Å². The minimum atomic E-state index is -0.181. The van der Waals surface area contributed by atoms with E-state index >= 15 is 0 Å². The number of nitrogens with one attached hydrogen (secondary N) is 2. The van der Waals surface area contributed by atoms with Crippen molar-refractivity contribution in [1.29, 1.82) is 0 Å². The van der Waals surface area contributed by atoms with Crippen LogP contribution >= 0.6 is 11.6 Å². The fraction of sp³-hybridized carbons (Fsp3) is 0.444. The minimum absolute atomic E-state index is 0.0307. The molecule has 3 aromatic rings. The summed E-state index contributed by atoms with van der Waals surface area (Å²) < 4.78 is 1.73. The molecule has 5 N–H and O–H groups in total. The number of benzene rings is 1. The predicted octanol–water partition coefficient (Wildman–Crippen LogP) is 3.21. The zero-order chi connectivity index (χ0) is 20.4. The molecule has 0 aliphatic carbocycles. The molecule has 28 heavy (non-hydrogen) atoms. The summed E-state index contributed by atoms with van der Waals surface area (Å²) in [7, 11) is 0. The molecule has 1 aromatic carbocycles. The summed E-state index contributed by atoms with van der Waals surface area (Å²) in [5.41, 5.74) is 8.13. The number of halogens is 1. The first-order chi connectivity index (χ1) is 13.3. The second kappa shape index (κ2) is 8.15. The third kappa shape index (κ3) is 4.10. The average Bonchev–Trinajstić information content (AvgIpc) is 3.07. The number of nitrogens with two attached hydrogens (primary N) is 1. The van der Waals surface area contributed by atoms with Gasteiger partial charge in [-0.15, -0.1) is 5.10 Å². The molecule has 0 aliphatic heterocycles. The Kier molecular flexibility index (Phi) is 5.85. The standard InChI is InChI=1S/C18H25ClN8O/c1-9(2)14(8-28)22-18-23-16(21-11-5-6-13(20)12(19)7-11)15-17(24-18)27(10(3)4)26-25-15/h5-7,9-10,14,28H,8,20H2,1-4H3,(H2,21,22,23,24)/t14-/m0/s1. The highest BCUT2D eigenvalue weighted by atomic mass is 35.5. The van der Waals surface area contributed by atoms with Gasteiger partial charge in [0, 0.05) is 5.69 Å². The van der Waals surface area contributed by atoms with Gasteiger partial charge in [0.2, 0.25) is 5.95 Å². The van der Waals surface area contributed by atoms with Gasteiger partial charge in [-0.1, -0.05) is 30.7 Å². The van der Waals surface area contributed by atoms with Crippen molar-refractivity contribution >= 4 is 45.9 Å². The fourth-order valence-corrected chi connectivity index (χ4v) is 2.84. The maximum atomic E-state index is 9.64. The van der Waals surface area contributed by atoms with Crippen molar-refractivity contribution in [3.05, 3.63) is 23.2 Å². The zero-order valence-corrected chi connectivity index (χ0v) is 17.1. The largest absolute Gasteiger partial charge is 0.398 e. The van der Waals surface area contributed by atoms with Crippen molar-refractivity contribution in [3.8, 4) is 0 Å². The van der Waals surface area contributed by atoms with Crippen LogP contribution in [0, 0.1) is 5.92 Å². The van der Waals surface area contributed by atoms with Crippen molar-refractivity contribution in [3.63, 3.8) is 0 Å². The second-order valence-corrected chi connectivity index (χ2v) is 7.64. The van der Waals surface area contributed by atoms with Crippen LogP contribution < -0.4 is 16.4 Å². The molecule has 2 heterocycles. The molecule has 0 fully saturated rings. The Labute approximate surface area is 168 Å². The Hall–Kier alpha value is -2.65. The topological polar surface area (TPSA) is 127 Å². The van der Waals surface area contributed by atoms with E-state index in [2.05, 4.69) is 30.9 Å². The van der Waals surface area contributed by atoms with Gasteiger partial charge in [-0.2, -0.15) is 9.97 Å². The summed E-state index contributed by atoms with van der Waals surface area (Å²) in [6, 6.07) is 5.13. The van der Waals surface area contributed by atoms with Crippen LogP contribution in [-0.4, -0.2) is 42.7 Å². The van der Waals surface area contributed by atoms with Crippen LogP contribution in [0.4, 0.5) is 23.1 Å². The Morgan fingerprint density at radius 3 is 2.57 bits per heavy atom. The molecule has 0 amide bonds. The summed E-state index contributed by atoms with van der Waals surface area (Å²) >= 11 is 6.13. The van der Waals surface area contributed by atoms with Gasteiger partial charge in [-0.05, 0) is 38.0 Å². The first kappa shape index (κ1) is 20.1. The number of anilines is 4. The van der Waals surface area contributed by atoms with Crippen molar-refractivity contribution in [2.24, 2.45) is 5.92 Å². The molecule has 3 rings (SSSR count). The molecule has 1 atom stereocenters. The van der Waals surface area contributed by atoms with Crippen molar-refractivity contribution in [2.75, 3.05) is 23.0 Å². The smallest absolute Gasteiger partial charge is 0.227 e. The van der Waals surface area contributed by atoms with Crippen LogP contribution in [-0.2, 0) is 0 Å². The van der Waals surface area contributed by atoms with E-state index in [0.29, 0.717) is 39.3 Å². The van der Waals surface area contributed by atoms with E-state index in [1.165, 1.54) is 0 Å². The lowest BCUT2D eigenvalue weighted by Crippen LogP contribution is -2.30. The Morgan fingerprint density at radius 2 is 1.96 bits per heavy atom. The van der Waals surface area contributed by atoms with Gasteiger partial charge in [0.1, 0.15) is 0 Å². The summed E-state index contributed by atoms with van der Waals surface area (Å²) in [6.45, 7) is 8.00. The Balaban J connectivity index is 2.07. The highest BCUT2D eigenvalue weighted by Gasteiger charge is 2.19. The number of rotatable bonds is 7. The number of aromatic nitrogens is 5. The van der Waals surface area contributed by atoms with Gasteiger partial charge < -0.3 is 21.5 Å². The van der Waals surface area contributed by atoms with E-state index in [-0.39, 0.29) is 24.6 Å². The molecule has 9 nitrogen and oxygen atoms in total. The Bertz CT molecular complexity index is 972. The zero-order valence-electron chi connectivity index (χ0n) is 16.3. The highest BCUT2D eigenvalue weighted by Crippen LogP contribution is 2.28. The number of nitrogen functional groups attached to an aromatic ring is 1. The number of hydrogen-bond acceptors (Lipinski definition) is 8. The molecular weight excluding hydrogens is 380 g/mol. The average molecular weight is 405 g/mol. The first-order valence-electron chi connectivity index (χ1n) is 9.12. The van der Waals surface area contributed by atoms with Gasteiger partial charge in [-0.25, -0.2) is 4.68 Å². The summed E-state index contributed by atoms with van der Waals surface area (Å²) in [4.78, 5) is 9.14. The van der Waals surface area contributed by atoms with E-state index in [9.17, 15) is 5.11 Å². The van der Waals surface area contributed by atoms with Crippen LogP contribution in [0.1, 0.15) is 33.7 Å². The van der Waals surface area contributed by atoms with Gasteiger partial charge in [0.25, 0.3) is 0 Å². The van der Waals surface area contributed by atoms with Crippen LogP contribution in [0.15, 0.2) is 18.2 Å². The summed E-state index contributed by atoms with van der Waals surface area (Å²) in [6.07, 6.45) is 0. The molecule has 0 radical (unpaired) electrons. The van der Waals surface area contributed by atoms with Crippen LogP contribution in [0.2, 0.25) is 5.02 Å². The van der Waals surface area contributed by atoms with Crippen molar-refractivity contribution in [1.82, 2.24) is 25.0 Å². The van der Waals surface area contributed by atoms with Crippen molar-refractivity contribution < 1.29 is 5.11 Å². The van der Waals surface area contributed by atoms with E-state index in [1.807, 2.05) is 27.7 Å². The maximum Gasteiger partial charge on any atom is 0.227 e. The predicted molar refractivity (Wildman–Crippen MR) is 112 cm³/mol. The van der Waals surface area contributed by atoms with Gasteiger partial charge >= 0.3 is 0 Å². The normalized spacial score (nSPS) is 12.7. The van der Waals surface area contributed by atoms with Crippen LogP contribution in [0.25, 0.3) is 11.2 Å². The van der Waals surface area contributed by atoms with E-state index in [0.717, 1.165) is 0 Å².